The molecule has 4 heteroatoms. The van der Waals surface area contributed by atoms with Crippen molar-refractivity contribution in [3.63, 3.8) is 0 Å². The maximum absolute atomic E-state index is 12.4. The van der Waals surface area contributed by atoms with Crippen LogP contribution < -0.4 is 4.74 Å². The topological polar surface area (TPSA) is 35.0 Å². The Morgan fingerprint density at radius 2 is 1.86 bits per heavy atom. The van der Waals surface area contributed by atoms with Crippen LogP contribution in [0.15, 0.2) is 12.4 Å². The number of alkyl halides is 1. The van der Waals surface area contributed by atoms with E-state index in [1.54, 1.807) is 12.4 Å². The van der Waals surface area contributed by atoms with Gasteiger partial charge in [0.2, 0.25) is 0 Å². The van der Waals surface area contributed by atoms with Gasteiger partial charge in [-0.05, 0) is 44.4 Å². The molecule has 0 N–H and O–H groups in total. The van der Waals surface area contributed by atoms with E-state index in [2.05, 4.69) is 16.9 Å². The van der Waals surface area contributed by atoms with Gasteiger partial charge in [0.25, 0.3) is 0 Å². The van der Waals surface area contributed by atoms with Crippen molar-refractivity contribution in [1.82, 2.24) is 9.97 Å². The quantitative estimate of drug-likeness (QED) is 0.653. The number of halogens is 1. The highest BCUT2D eigenvalue weighted by Crippen LogP contribution is 2.35. The zero-order valence-electron chi connectivity index (χ0n) is 13.1. The van der Waals surface area contributed by atoms with Crippen LogP contribution in [0.5, 0.6) is 5.75 Å². The molecule has 1 fully saturated rings. The number of rotatable bonds is 8. The predicted octanol–water partition coefficient (Wildman–Crippen LogP) is 4.68. The molecule has 0 aromatic carbocycles. The van der Waals surface area contributed by atoms with Crippen LogP contribution in [0.4, 0.5) is 4.39 Å². The Morgan fingerprint density at radius 1 is 1.14 bits per heavy atom. The predicted molar refractivity (Wildman–Crippen MR) is 82.3 cm³/mol. The van der Waals surface area contributed by atoms with Gasteiger partial charge in [-0.1, -0.05) is 19.8 Å². The summed E-state index contributed by atoms with van der Waals surface area (Å²) >= 11 is 0. The maximum Gasteiger partial charge on any atom is 0.155 e. The molecular formula is C17H27FN2O. The lowest BCUT2D eigenvalue weighted by Gasteiger charge is -2.26. The monoisotopic (exact) mass is 294 g/mol. The molecule has 0 atom stereocenters. The Kier molecular flexibility index (Phi) is 6.90. The first-order chi connectivity index (χ1) is 10.3. The largest absolute Gasteiger partial charge is 0.490 e. The molecule has 2 rings (SSSR count). The fourth-order valence-electron chi connectivity index (χ4n) is 3.02. The molecule has 118 valence electrons. The summed E-state index contributed by atoms with van der Waals surface area (Å²) in [6, 6.07) is 0. The lowest BCUT2D eigenvalue weighted by atomic mass is 9.80. The second kappa shape index (κ2) is 8.96. The van der Waals surface area contributed by atoms with E-state index < -0.39 is 0 Å². The average Bonchev–Trinajstić information content (AvgIpc) is 2.53. The first-order valence-corrected chi connectivity index (χ1v) is 8.34. The van der Waals surface area contributed by atoms with Gasteiger partial charge in [0.15, 0.2) is 5.75 Å². The highest BCUT2D eigenvalue weighted by molar-refractivity contribution is 5.14. The summed E-state index contributed by atoms with van der Waals surface area (Å²) in [5, 5.41) is 0. The summed E-state index contributed by atoms with van der Waals surface area (Å²) in [5.41, 5.74) is 0. The van der Waals surface area contributed by atoms with E-state index in [1.807, 2.05) is 0 Å². The van der Waals surface area contributed by atoms with Crippen molar-refractivity contribution in [2.45, 2.75) is 64.2 Å². The first kappa shape index (κ1) is 16.2. The molecule has 1 aliphatic rings. The fraction of sp³-hybridized carbons (Fsp3) is 0.765. The van der Waals surface area contributed by atoms with Crippen LogP contribution in [0.1, 0.15) is 70.0 Å². The van der Waals surface area contributed by atoms with E-state index >= 15 is 0 Å². The Morgan fingerprint density at radius 3 is 2.48 bits per heavy atom. The van der Waals surface area contributed by atoms with E-state index in [1.165, 1.54) is 12.8 Å². The Hall–Kier alpha value is -1.19. The van der Waals surface area contributed by atoms with Gasteiger partial charge in [0.05, 0.1) is 25.7 Å². The number of unbranched alkanes of at least 4 members (excludes halogenated alkanes) is 2. The van der Waals surface area contributed by atoms with Gasteiger partial charge in [0.1, 0.15) is 5.82 Å². The van der Waals surface area contributed by atoms with E-state index in [4.69, 9.17) is 4.74 Å². The molecule has 21 heavy (non-hydrogen) atoms. The second-order valence-electron chi connectivity index (χ2n) is 6.03. The highest BCUT2D eigenvalue weighted by atomic mass is 19.1. The van der Waals surface area contributed by atoms with Crippen molar-refractivity contribution in [1.29, 1.82) is 0 Å². The summed E-state index contributed by atoms with van der Waals surface area (Å²) in [4.78, 5) is 8.92. The molecule has 0 radical (unpaired) electrons. The maximum atomic E-state index is 12.4. The Bertz CT molecular complexity index is 388. The van der Waals surface area contributed by atoms with Crippen LogP contribution in [-0.4, -0.2) is 23.2 Å². The average molecular weight is 294 g/mol. The minimum absolute atomic E-state index is 0.185. The summed E-state index contributed by atoms with van der Waals surface area (Å²) in [5.74, 6) is 2.69. The summed E-state index contributed by atoms with van der Waals surface area (Å²) in [6.45, 7) is 2.74. The molecule has 0 aliphatic heterocycles. The van der Waals surface area contributed by atoms with Gasteiger partial charge in [-0.3, -0.25) is 4.39 Å². The third kappa shape index (κ3) is 5.25. The van der Waals surface area contributed by atoms with Crippen LogP contribution in [0.2, 0.25) is 0 Å². The zero-order chi connectivity index (χ0) is 14.9. The number of aromatic nitrogens is 2. The molecule has 1 aromatic heterocycles. The number of hydrogen-bond donors (Lipinski definition) is 0. The lowest BCUT2D eigenvalue weighted by molar-refractivity contribution is 0.277. The van der Waals surface area contributed by atoms with E-state index in [0.717, 1.165) is 56.7 Å². The van der Waals surface area contributed by atoms with Gasteiger partial charge in [0, 0.05) is 5.92 Å². The lowest BCUT2D eigenvalue weighted by Crippen LogP contribution is -2.15. The molecule has 1 aromatic rings. The minimum atomic E-state index is -0.185. The number of nitrogens with zero attached hydrogens (tertiary/aromatic N) is 2. The third-order valence-corrected chi connectivity index (χ3v) is 4.39. The molecule has 0 saturated heterocycles. The van der Waals surface area contributed by atoms with Crippen LogP contribution in [0.3, 0.4) is 0 Å². The van der Waals surface area contributed by atoms with Crippen LogP contribution in [0.25, 0.3) is 0 Å². The van der Waals surface area contributed by atoms with Crippen LogP contribution in [-0.2, 0) is 0 Å². The second-order valence-corrected chi connectivity index (χ2v) is 6.03. The number of hydrogen-bond acceptors (Lipinski definition) is 3. The molecule has 3 nitrogen and oxygen atoms in total. The molecule has 0 unspecified atom stereocenters. The van der Waals surface area contributed by atoms with Gasteiger partial charge >= 0.3 is 0 Å². The van der Waals surface area contributed by atoms with Crippen molar-refractivity contribution < 1.29 is 9.13 Å². The SMILES string of the molecule is CCCCCOc1cnc(C2CCC(CCF)CC2)nc1. The van der Waals surface area contributed by atoms with Crippen molar-refractivity contribution >= 4 is 0 Å². The van der Waals surface area contributed by atoms with E-state index in [0.29, 0.717) is 11.8 Å². The van der Waals surface area contributed by atoms with Gasteiger partial charge < -0.3 is 4.74 Å². The molecule has 1 aliphatic carbocycles. The molecule has 1 heterocycles. The highest BCUT2D eigenvalue weighted by Gasteiger charge is 2.23. The zero-order valence-corrected chi connectivity index (χ0v) is 13.1. The molecule has 0 bridgehead atoms. The summed E-state index contributed by atoms with van der Waals surface area (Å²) in [7, 11) is 0. The normalized spacial score (nSPS) is 22.2. The summed E-state index contributed by atoms with van der Waals surface area (Å²) in [6.07, 6.45) is 12.2. The van der Waals surface area contributed by atoms with Crippen molar-refractivity contribution in [3.05, 3.63) is 18.2 Å². The first-order valence-electron chi connectivity index (χ1n) is 8.34. The van der Waals surface area contributed by atoms with Crippen molar-refractivity contribution in [2.75, 3.05) is 13.3 Å². The molecule has 1 saturated carbocycles. The van der Waals surface area contributed by atoms with E-state index in [-0.39, 0.29) is 6.67 Å². The van der Waals surface area contributed by atoms with Gasteiger partial charge in [-0.25, -0.2) is 9.97 Å². The van der Waals surface area contributed by atoms with Gasteiger partial charge in [-0.15, -0.1) is 0 Å². The Labute approximate surface area is 127 Å². The van der Waals surface area contributed by atoms with Crippen LogP contribution >= 0.6 is 0 Å². The summed E-state index contributed by atoms with van der Waals surface area (Å²) < 4.78 is 18.0. The molecule has 0 spiro atoms. The minimum Gasteiger partial charge on any atom is -0.490 e. The fourth-order valence-corrected chi connectivity index (χ4v) is 3.02. The Balaban J connectivity index is 1.77. The molecular weight excluding hydrogens is 267 g/mol. The molecule has 0 amide bonds. The third-order valence-electron chi connectivity index (χ3n) is 4.39. The van der Waals surface area contributed by atoms with E-state index in [9.17, 15) is 4.39 Å². The van der Waals surface area contributed by atoms with Crippen LogP contribution in [0, 0.1) is 5.92 Å². The smallest absolute Gasteiger partial charge is 0.155 e. The van der Waals surface area contributed by atoms with Gasteiger partial charge in [-0.2, -0.15) is 0 Å². The standard InChI is InChI=1S/C17H27FN2O/c1-2-3-4-11-21-16-12-19-17(20-13-16)15-7-5-14(6-8-15)9-10-18/h12-15H,2-11H2,1H3. The number of ether oxygens (including phenoxy) is 1. The van der Waals surface area contributed by atoms with Crippen molar-refractivity contribution in [3.8, 4) is 5.75 Å². The van der Waals surface area contributed by atoms with Crippen molar-refractivity contribution in [2.24, 2.45) is 5.92 Å².